The number of nitrogens with one attached hydrogen (secondary N) is 1. The zero-order valence-electron chi connectivity index (χ0n) is 11.6. The molecule has 0 aromatic carbocycles. The maximum Gasteiger partial charge on any atom is 0.411 e. The fourth-order valence-corrected chi connectivity index (χ4v) is 3.24. The second kappa shape index (κ2) is 7.15. The quantitative estimate of drug-likeness (QED) is 0.925. The number of carbonyl (C=O) groups is 1. The van der Waals surface area contributed by atoms with E-state index in [-0.39, 0.29) is 0 Å². The van der Waals surface area contributed by atoms with Crippen LogP contribution in [-0.4, -0.2) is 25.8 Å². The summed E-state index contributed by atoms with van der Waals surface area (Å²) in [6.07, 6.45) is 4.38. The van der Waals surface area contributed by atoms with Crippen molar-refractivity contribution in [1.29, 1.82) is 5.26 Å². The summed E-state index contributed by atoms with van der Waals surface area (Å²) in [5.74, 6) is 0. The van der Waals surface area contributed by atoms with E-state index in [1.807, 2.05) is 6.07 Å². The first-order valence-corrected chi connectivity index (χ1v) is 7.79. The van der Waals surface area contributed by atoms with Gasteiger partial charge in [-0.2, -0.15) is 5.26 Å². The lowest BCUT2D eigenvalue weighted by Gasteiger charge is -2.19. The monoisotopic (exact) mass is 293 g/mol. The zero-order chi connectivity index (χ0) is 14.4. The van der Waals surface area contributed by atoms with Crippen LogP contribution in [0.15, 0.2) is 6.07 Å². The van der Waals surface area contributed by atoms with Crippen LogP contribution in [0.1, 0.15) is 37.5 Å². The van der Waals surface area contributed by atoms with Crippen LogP contribution in [0.4, 0.5) is 15.5 Å². The molecule has 5 nitrogen and oxygen atoms in total. The van der Waals surface area contributed by atoms with E-state index in [0.717, 1.165) is 18.1 Å². The Morgan fingerprint density at radius 2 is 2.15 bits per heavy atom. The maximum atomic E-state index is 11.5. The number of hydrogen-bond donors (Lipinski definition) is 1. The van der Waals surface area contributed by atoms with E-state index in [9.17, 15) is 10.1 Å². The largest absolute Gasteiger partial charge is 0.450 e. The minimum Gasteiger partial charge on any atom is -0.450 e. The molecule has 1 N–H and O–H groups in total. The van der Waals surface area contributed by atoms with Gasteiger partial charge in [0.15, 0.2) is 0 Å². The van der Waals surface area contributed by atoms with Crippen molar-refractivity contribution >= 4 is 28.1 Å². The van der Waals surface area contributed by atoms with E-state index in [4.69, 9.17) is 4.74 Å². The van der Waals surface area contributed by atoms with Gasteiger partial charge in [-0.25, -0.2) is 4.79 Å². The lowest BCUT2D eigenvalue weighted by Crippen LogP contribution is -2.22. The Kier molecular flexibility index (Phi) is 5.24. The third kappa shape index (κ3) is 3.64. The molecule has 0 aliphatic carbocycles. The van der Waals surface area contributed by atoms with Gasteiger partial charge in [-0.05, 0) is 25.8 Å². The Balaban J connectivity index is 2.13. The number of amides is 1. The van der Waals surface area contributed by atoms with E-state index in [1.54, 1.807) is 6.92 Å². The molecular formula is C14H19N3O2S. The molecule has 2 rings (SSSR count). The van der Waals surface area contributed by atoms with Crippen molar-refractivity contribution in [3.05, 3.63) is 10.9 Å². The average Bonchev–Trinajstić information content (AvgIpc) is 2.65. The van der Waals surface area contributed by atoms with Gasteiger partial charge in [-0.15, -0.1) is 11.3 Å². The Labute approximate surface area is 123 Å². The van der Waals surface area contributed by atoms with E-state index in [2.05, 4.69) is 16.3 Å². The topological polar surface area (TPSA) is 65.4 Å². The van der Waals surface area contributed by atoms with E-state index in [0.29, 0.717) is 17.2 Å². The van der Waals surface area contributed by atoms with Gasteiger partial charge in [0.25, 0.3) is 0 Å². The van der Waals surface area contributed by atoms with E-state index in [1.165, 1.54) is 37.0 Å². The van der Waals surface area contributed by atoms with Crippen LogP contribution >= 0.6 is 11.3 Å². The number of rotatable bonds is 3. The summed E-state index contributed by atoms with van der Waals surface area (Å²) in [6, 6.07) is 4.02. The van der Waals surface area contributed by atoms with Gasteiger partial charge in [-0.3, -0.25) is 5.32 Å². The zero-order valence-corrected chi connectivity index (χ0v) is 12.5. The first-order chi connectivity index (χ1) is 9.74. The minimum absolute atomic E-state index is 0.316. The van der Waals surface area contributed by atoms with Crippen LogP contribution in [0.25, 0.3) is 0 Å². The highest BCUT2D eigenvalue weighted by atomic mass is 32.1. The summed E-state index contributed by atoms with van der Waals surface area (Å²) in [5.41, 5.74) is 0.551. The van der Waals surface area contributed by atoms with Gasteiger partial charge in [0, 0.05) is 13.1 Å². The van der Waals surface area contributed by atoms with Crippen molar-refractivity contribution in [3.8, 4) is 6.07 Å². The van der Waals surface area contributed by atoms with E-state index < -0.39 is 6.09 Å². The van der Waals surface area contributed by atoms with Crippen molar-refractivity contribution in [2.45, 2.75) is 32.6 Å². The fraction of sp³-hybridized carbons (Fsp3) is 0.571. The number of anilines is 2. The molecule has 0 unspecified atom stereocenters. The molecule has 0 atom stereocenters. The molecule has 0 bridgehead atoms. The second-order valence-corrected chi connectivity index (χ2v) is 5.72. The standard InChI is InChI=1S/C14H19N3O2S/c1-2-19-14(18)16-11-9-13(20-12(11)10-15)17-7-5-3-4-6-8-17/h9H,2-8H2,1H3,(H,16,18). The normalized spacial score (nSPS) is 15.3. The molecule has 1 aliphatic heterocycles. The molecule has 0 saturated carbocycles. The predicted molar refractivity (Wildman–Crippen MR) is 80.4 cm³/mol. The van der Waals surface area contributed by atoms with Gasteiger partial charge < -0.3 is 9.64 Å². The third-order valence-electron chi connectivity index (χ3n) is 3.25. The highest BCUT2D eigenvalue weighted by molar-refractivity contribution is 7.17. The molecule has 1 aromatic heterocycles. The summed E-state index contributed by atoms with van der Waals surface area (Å²) in [5, 5.41) is 12.9. The molecule has 1 amide bonds. The Morgan fingerprint density at radius 1 is 1.45 bits per heavy atom. The number of thiophene rings is 1. The Bertz CT molecular complexity index is 499. The second-order valence-electron chi connectivity index (χ2n) is 4.69. The fourth-order valence-electron chi connectivity index (χ4n) is 2.28. The molecule has 1 saturated heterocycles. The lowest BCUT2D eigenvalue weighted by atomic mass is 10.2. The lowest BCUT2D eigenvalue weighted by molar-refractivity contribution is 0.168. The summed E-state index contributed by atoms with van der Waals surface area (Å²) < 4.78 is 4.85. The van der Waals surface area contributed by atoms with E-state index >= 15 is 0 Å². The van der Waals surface area contributed by atoms with Crippen LogP contribution < -0.4 is 10.2 Å². The van der Waals surface area contributed by atoms with Crippen molar-refractivity contribution in [3.63, 3.8) is 0 Å². The number of carbonyl (C=O) groups excluding carboxylic acids is 1. The molecule has 1 aliphatic rings. The number of hydrogen-bond acceptors (Lipinski definition) is 5. The molecule has 20 heavy (non-hydrogen) atoms. The van der Waals surface area contributed by atoms with Gasteiger partial charge in [0.2, 0.25) is 0 Å². The summed E-state index contributed by atoms with van der Waals surface area (Å²) in [7, 11) is 0. The maximum absolute atomic E-state index is 11.5. The minimum atomic E-state index is -0.510. The van der Waals surface area contributed by atoms with Gasteiger partial charge in [0.05, 0.1) is 17.3 Å². The Morgan fingerprint density at radius 3 is 2.75 bits per heavy atom. The number of nitriles is 1. The molecule has 0 spiro atoms. The first kappa shape index (κ1) is 14.7. The van der Waals surface area contributed by atoms with Gasteiger partial charge in [0.1, 0.15) is 10.9 Å². The summed E-state index contributed by atoms with van der Waals surface area (Å²) in [6.45, 7) is 4.10. The van der Waals surface area contributed by atoms with Crippen LogP contribution in [0.5, 0.6) is 0 Å². The first-order valence-electron chi connectivity index (χ1n) is 6.97. The molecule has 1 aromatic rings. The summed E-state index contributed by atoms with van der Waals surface area (Å²) >= 11 is 1.43. The molecule has 1 fully saturated rings. The van der Waals surface area contributed by atoms with Crippen LogP contribution in [0.2, 0.25) is 0 Å². The molecule has 0 radical (unpaired) electrons. The predicted octanol–water partition coefficient (Wildman–Crippen LogP) is 3.57. The van der Waals surface area contributed by atoms with Gasteiger partial charge in [-0.1, -0.05) is 12.8 Å². The highest BCUT2D eigenvalue weighted by Gasteiger charge is 2.17. The molecule has 2 heterocycles. The van der Waals surface area contributed by atoms with Crippen molar-refractivity contribution < 1.29 is 9.53 Å². The number of nitrogens with zero attached hydrogens (tertiary/aromatic N) is 2. The molecular weight excluding hydrogens is 274 g/mol. The summed E-state index contributed by atoms with van der Waals surface area (Å²) in [4.78, 5) is 14.3. The molecule has 6 heteroatoms. The van der Waals surface area contributed by atoms with Crippen LogP contribution in [0.3, 0.4) is 0 Å². The van der Waals surface area contributed by atoms with Crippen molar-refractivity contribution in [2.75, 3.05) is 29.9 Å². The Hall–Kier alpha value is -1.74. The SMILES string of the molecule is CCOC(=O)Nc1cc(N2CCCCCC2)sc1C#N. The highest BCUT2D eigenvalue weighted by Crippen LogP contribution is 2.34. The van der Waals surface area contributed by atoms with Crippen LogP contribution in [0, 0.1) is 11.3 Å². The van der Waals surface area contributed by atoms with Gasteiger partial charge >= 0.3 is 6.09 Å². The van der Waals surface area contributed by atoms with Crippen molar-refractivity contribution in [2.24, 2.45) is 0 Å². The third-order valence-corrected chi connectivity index (χ3v) is 4.35. The van der Waals surface area contributed by atoms with Crippen molar-refractivity contribution in [1.82, 2.24) is 0 Å². The van der Waals surface area contributed by atoms with Crippen LogP contribution in [-0.2, 0) is 4.74 Å². The molecule has 108 valence electrons. The average molecular weight is 293 g/mol. The smallest absolute Gasteiger partial charge is 0.411 e. The number of ether oxygens (including phenoxy) is 1.